The molecular weight excluding hydrogens is 498 g/mol. The maximum absolute atomic E-state index is 12.2. The van der Waals surface area contributed by atoms with Crippen LogP contribution in [0.3, 0.4) is 0 Å². The van der Waals surface area contributed by atoms with Gasteiger partial charge in [-0.3, -0.25) is 15.1 Å². The van der Waals surface area contributed by atoms with Gasteiger partial charge in [0.2, 0.25) is 0 Å². The fourth-order valence-electron chi connectivity index (χ4n) is 8.03. The summed E-state index contributed by atoms with van der Waals surface area (Å²) in [5, 5.41) is 25.2. The summed E-state index contributed by atoms with van der Waals surface area (Å²) in [5.74, 6) is 2.26. The summed E-state index contributed by atoms with van der Waals surface area (Å²) in [6.07, 6.45) is 5.85. The third-order valence-corrected chi connectivity index (χ3v) is 9.96. The number of nitrogens with zero attached hydrogens (tertiary/aromatic N) is 3. The fraction of sp³-hybridized carbons (Fsp3) is 0.433. The third-order valence-electron chi connectivity index (χ3n) is 9.96. The lowest BCUT2D eigenvalue weighted by molar-refractivity contribution is -1.05. The summed E-state index contributed by atoms with van der Waals surface area (Å²) >= 11 is 0. The minimum atomic E-state index is -0.782. The largest absolute Gasteiger partial charge is 0.497 e. The van der Waals surface area contributed by atoms with Gasteiger partial charge < -0.3 is 23.8 Å². The van der Waals surface area contributed by atoms with Crippen molar-refractivity contribution in [3.8, 4) is 17.2 Å². The van der Waals surface area contributed by atoms with Crippen LogP contribution in [-0.2, 0) is 6.54 Å². The Hall–Kier alpha value is -3.69. The number of ether oxygens (including phenoxy) is 3. The number of aliphatic hydroxyl groups excluding tert-OH is 1. The summed E-state index contributed by atoms with van der Waals surface area (Å²) < 4.78 is 17.0. The first kappa shape index (κ1) is 25.6. The maximum atomic E-state index is 12.2. The minimum Gasteiger partial charge on any atom is -0.497 e. The average Bonchev–Trinajstić information content (AvgIpc) is 3.07. The van der Waals surface area contributed by atoms with Gasteiger partial charge in [0.25, 0.3) is 5.69 Å². The zero-order valence-electron chi connectivity index (χ0n) is 22.5. The highest BCUT2D eigenvalue weighted by Gasteiger charge is 2.78. The van der Waals surface area contributed by atoms with E-state index >= 15 is 0 Å². The monoisotopic (exact) mass is 532 g/mol. The standard InChI is InChI=1S/C30H34N3O6/c1-5-18-16-30-9-11-33(30,17-19-12-27(38-3)28(39-4)15-25(19)32(35)36)26(14-23(18)30)29(34)21-8-10-31-24-7-6-20(37-2)13-22(21)24/h5-8,10,12-13,15,18,23,26,29,34H,1,9,11,14,16-17H2,2-4H3/q+1/t18?,23?,26-,29+,30?,33?/m0/s1. The second kappa shape index (κ2) is 9.20. The Balaban J connectivity index is 1.47. The van der Waals surface area contributed by atoms with Crippen LogP contribution >= 0.6 is 0 Å². The first-order chi connectivity index (χ1) is 18.8. The molecule has 1 N–H and O–H groups in total. The Morgan fingerprint density at radius 3 is 2.62 bits per heavy atom. The predicted molar refractivity (Wildman–Crippen MR) is 146 cm³/mol. The second-order valence-electron chi connectivity index (χ2n) is 11.1. The summed E-state index contributed by atoms with van der Waals surface area (Å²) in [6.45, 7) is 5.37. The zero-order valence-corrected chi connectivity index (χ0v) is 22.5. The third kappa shape index (κ3) is 3.49. The molecule has 204 valence electrons. The molecule has 0 bridgehead atoms. The molecule has 1 aliphatic carbocycles. The number of allylic oxidation sites excluding steroid dienone is 1. The van der Waals surface area contributed by atoms with Gasteiger partial charge in [0.05, 0.1) is 56.4 Å². The molecule has 0 radical (unpaired) electrons. The van der Waals surface area contributed by atoms with Crippen LogP contribution in [0.15, 0.2) is 55.3 Å². The van der Waals surface area contributed by atoms with Crippen LogP contribution in [0.5, 0.6) is 17.2 Å². The Kier molecular flexibility index (Phi) is 6.04. The molecule has 0 amide bonds. The molecule has 1 saturated carbocycles. The molecule has 6 atom stereocenters. The molecule has 3 heterocycles. The van der Waals surface area contributed by atoms with E-state index < -0.39 is 6.10 Å². The summed E-state index contributed by atoms with van der Waals surface area (Å²) in [7, 11) is 4.63. The number of hydrogen-bond acceptors (Lipinski definition) is 7. The molecule has 2 aliphatic heterocycles. The number of rotatable bonds is 9. The van der Waals surface area contributed by atoms with E-state index in [2.05, 4.69) is 11.6 Å². The van der Waals surface area contributed by atoms with Gasteiger partial charge in [-0.1, -0.05) is 6.08 Å². The van der Waals surface area contributed by atoms with Gasteiger partial charge in [-0.25, -0.2) is 0 Å². The Labute approximate surface area is 227 Å². The smallest absolute Gasteiger partial charge is 0.282 e. The van der Waals surface area contributed by atoms with Crippen LogP contribution in [0, 0.1) is 22.0 Å². The molecule has 2 aromatic carbocycles. The molecular formula is C30H34N3O6+. The predicted octanol–water partition coefficient (Wildman–Crippen LogP) is 4.96. The van der Waals surface area contributed by atoms with Crippen molar-refractivity contribution in [3.63, 3.8) is 0 Å². The lowest BCUT2D eigenvalue weighted by atomic mass is 9.54. The topological polar surface area (TPSA) is 104 Å². The van der Waals surface area contributed by atoms with Crippen LogP contribution in [0.1, 0.15) is 36.5 Å². The molecule has 39 heavy (non-hydrogen) atoms. The highest BCUT2D eigenvalue weighted by atomic mass is 16.6. The highest BCUT2D eigenvalue weighted by Crippen LogP contribution is 2.69. The number of aliphatic hydroxyl groups is 1. The van der Waals surface area contributed by atoms with Crippen molar-refractivity contribution in [3.05, 3.63) is 76.5 Å². The molecule has 4 unspecified atom stereocenters. The molecule has 2 saturated heterocycles. The van der Waals surface area contributed by atoms with Crippen molar-refractivity contribution >= 4 is 16.6 Å². The number of hydrogen-bond donors (Lipinski definition) is 1. The maximum Gasteiger partial charge on any atom is 0.282 e. The van der Waals surface area contributed by atoms with E-state index in [-0.39, 0.29) is 22.2 Å². The molecule has 1 aromatic heterocycles. The fourth-order valence-corrected chi connectivity index (χ4v) is 8.03. The van der Waals surface area contributed by atoms with Gasteiger partial charge >= 0.3 is 0 Å². The van der Waals surface area contributed by atoms with Gasteiger partial charge in [-0.2, -0.15) is 0 Å². The number of nitro groups is 1. The lowest BCUT2D eigenvalue weighted by Gasteiger charge is -2.67. The second-order valence-corrected chi connectivity index (χ2v) is 11.1. The van der Waals surface area contributed by atoms with Gasteiger partial charge in [0, 0.05) is 30.3 Å². The molecule has 9 nitrogen and oxygen atoms in total. The van der Waals surface area contributed by atoms with Crippen LogP contribution < -0.4 is 14.2 Å². The molecule has 3 fully saturated rings. The van der Waals surface area contributed by atoms with Crippen LogP contribution in [0.4, 0.5) is 5.69 Å². The number of pyridine rings is 1. The normalized spacial score (nSPS) is 29.4. The first-order valence-electron chi connectivity index (χ1n) is 13.3. The Bertz CT molecular complexity index is 1480. The first-order valence-corrected chi connectivity index (χ1v) is 13.3. The van der Waals surface area contributed by atoms with Crippen LogP contribution in [0.25, 0.3) is 10.9 Å². The Morgan fingerprint density at radius 1 is 1.21 bits per heavy atom. The molecule has 9 heteroatoms. The number of benzene rings is 2. The van der Waals surface area contributed by atoms with Crippen molar-refractivity contribution < 1.29 is 28.7 Å². The van der Waals surface area contributed by atoms with Crippen molar-refractivity contribution in [2.45, 2.75) is 43.5 Å². The van der Waals surface area contributed by atoms with Gasteiger partial charge in [-0.15, -0.1) is 6.58 Å². The van der Waals surface area contributed by atoms with Crippen LogP contribution in [0.2, 0.25) is 0 Å². The Morgan fingerprint density at radius 2 is 1.97 bits per heavy atom. The quantitative estimate of drug-likeness (QED) is 0.180. The SMILES string of the molecule is C=CC1CC23CC[N+]2(Cc2cc(OC)c(OC)cc2[N+](=O)[O-])[C@H]([C@H](O)c2ccnc4ccc(OC)cc24)CC13. The molecule has 3 aromatic rings. The minimum absolute atomic E-state index is 0.0116. The lowest BCUT2D eigenvalue weighted by Crippen LogP contribution is -2.79. The van der Waals surface area contributed by atoms with Gasteiger partial charge in [-0.05, 0) is 41.8 Å². The van der Waals surface area contributed by atoms with E-state index in [0.717, 1.165) is 42.3 Å². The number of fused-ring (bicyclic) bond motifs is 1. The number of nitro benzene ring substituents is 1. The van der Waals surface area contributed by atoms with E-state index in [1.54, 1.807) is 19.4 Å². The summed E-state index contributed by atoms with van der Waals surface area (Å²) in [4.78, 5) is 16.3. The van der Waals surface area contributed by atoms with E-state index in [9.17, 15) is 15.2 Å². The zero-order chi connectivity index (χ0) is 27.5. The number of methoxy groups -OCH3 is 3. The molecule has 6 rings (SSSR count). The van der Waals surface area contributed by atoms with Crippen molar-refractivity contribution in [1.29, 1.82) is 0 Å². The van der Waals surface area contributed by atoms with Crippen LogP contribution in [-0.4, -0.2) is 59.0 Å². The molecule has 3 aliphatic rings. The van der Waals surface area contributed by atoms with Crippen molar-refractivity contribution in [2.24, 2.45) is 11.8 Å². The highest BCUT2D eigenvalue weighted by molar-refractivity contribution is 5.84. The summed E-state index contributed by atoms with van der Waals surface area (Å²) in [6, 6.07) is 10.6. The van der Waals surface area contributed by atoms with Crippen molar-refractivity contribution in [2.75, 3.05) is 27.9 Å². The van der Waals surface area contributed by atoms with E-state index in [1.807, 2.05) is 30.3 Å². The number of quaternary nitrogens is 1. The molecule has 1 spiro atoms. The van der Waals surface area contributed by atoms with Crippen molar-refractivity contribution in [1.82, 2.24) is 4.98 Å². The number of aromatic nitrogens is 1. The van der Waals surface area contributed by atoms with Gasteiger partial charge in [0.1, 0.15) is 30.0 Å². The summed E-state index contributed by atoms with van der Waals surface area (Å²) in [5.41, 5.74) is 2.18. The van der Waals surface area contributed by atoms with E-state index in [4.69, 9.17) is 14.2 Å². The van der Waals surface area contributed by atoms with E-state index in [0.29, 0.717) is 45.7 Å². The average molecular weight is 533 g/mol. The van der Waals surface area contributed by atoms with Gasteiger partial charge in [0.15, 0.2) is 11.5 Å². The van der Waals surface area contributed by atoms with E-state index in [1.165, 1.54) is 20.3 Å².